The van der Waals surface area contributed by atoms with Crippen molar-refractivity contribution >= 4 is 16.6 Å². The van der Waals surface area contributed by atoms with Gasteiger partial charge in [-0.3, -0.25) is 0 Å². The highest BCUT2D eigenvalue weighted by Crippen LogP contribution is 2.38. The molecule has 0 aliphatic heterocycles. The van der Waals surface area contributed by atoms with Crippen LogP contribution in [0.4, 0.5) is 5.82 Å². The summed E-state index contributed by atoms with van der Waals surface area (Å²) in [5.41, 5.74) is 1.33. The van der Waals surface area contributed by atoms with Crippen molar-refractivity contribution in [3.8, 4) is 0 Å². The molecule has 0 bridgehead atoms. The molecule has 4 rings (SSSR count). The standard InChI is InChI=1S/C19H19N3/c1-22(18-11-12-20-19(21-18)15-9-10-15)13-16-7-4-6-14-5-2-3-8-17(14)16/h2-8,11-12,15H,9-10,13H2,1H3. The second kappa shape index (κ2) is 5.41. The second-order valence-corrected chi connectivity index (χ2v) is 6.04. The van der Waals surface area contributed by atoms with Gasteiger partial charge < -0.3 is 4.90 Å². The molecule has 1 aromatic heterocycles. The first-order valence-electron chi connectivity index (χ1n) is 7.82. The van der Waals surface area contributed by atoms with Gasteiger partial charge in [-0.2, -0.15) is 0 Å². The highest BCUT2D eigenvalue weighted by molar-refractivity contribution is 5.85. The number of anilines is 1. The average Bonchev–Trinajstić information content (AvgIpc) is 3.40. The summed E-state index contributed by atoms with van der Waals surface area (Å²) in [5, 5.41) is 2.60. The Bertz CT molecular complexity index is 803. The van der Waals surface area contributed by atoms with Gasteiger partial charge in [-0.25, -0.2) is 9.97 Å². The van der Waals surface area contributed by atoms with E-state index in [2.05, 4.69) is 59.4 Å². The van der Waals surface area contributed by atoms with E-state index in [-0.39, 0.29) is 0 Å². The molecule has 2 aromatic carbocycles. The van der Waals surface area contributed by atoms with Crippen LogP contribution in [0.3, 0.4) is 0 Å². The zero-order valence-electron chi connectivity index (χ0n) is 12.7. The molecule has 0 spiro atoms. The maximum atomic E-state index is 4.73. The fourth-order valence-corrected chi connectivity index (χ4v) is 2.88. The smallest absolute Gasteiger partial charge is 0.133 e. The zero-order chi connectivity index (χ0) is 14.9. The van der Waals surface area contributed by atoms with Crippen LogP contribution in [0.25, 0.3) is 10.8 Å². The number of benzene rings is 2. The third-order valence-corrected chi connectivity index (χ3v) is 4.28. The number of hydrogen-bond donors (Lipinski definition) is 0. The van der Waals surface area contributed by atoms with Gasteiger partial charge in [-0.05, 0) is 35.2 Å². The lowest BCUT2D eigenvalue weighted by Crippen LogP contribution is -2.18. The van der Waals surface area contributed by atoms with E-state index in [1.807, 2.05) is 12.3 Å². The monoisotopic (exact) mass is 289 g/mol. The van der Waals surface area contributed by atoms with Gasteiger partial charge in [0.25, 0.3) is 0 Å². The predicted molar refractivity (Wildman–Crippen MR) is 90.1 cm³/mol. The predicted octanol–water partition coefficient (Wildman–Crippen LogP) is 4.14. The molecule has 0 atom stereocenters. The van der Waals surface area contributed by atoms with Crippen LogP contribution in [0, 0.1) is 0 Å². The molecule has 0 saturated heterocycles. The molecule has 1 aliphatic rings. The van der Waals surface area contributed by atoms with E-state index in [4.69, 9.17) is 4.98 Å². The maximum Gasteiger partial charge on any atom is 0.133 e. The Hall–Kier alpha value is -2.42. The molecule has 3 nitrogen and oxygen atoms in total. The van der Waals surface area contributed by atoms with Gasteiger partial charge in [0.1, 0.15) is 11.6 Å². The van der Waals surface area contributed by atoms with Gasteiger partial charge in [-0.15, -0.1) is 0 Å². The van der Waals surface area contributed by atoms with Crippen molar-refractivity contribution in [1.29, 1.82) is 0 Å². The van der Waals surface area contributed by atoms with Gasteiger partial charge in [0.05, 0.1) is 0 Å². The summed E-state index contributed by atoms with van der Waals surface area (Å²) in [7, 11) is 2.10. The molecule has 3 heteroatoms. The van der Waals surface area contributed by atoms with Crippen molar-refractivity contribution in [2.45, 2.75) is 25.3 Å². The molecule has 22 heavy (non-hydrogen) atoms. The minimum absolute atomic E-state index is 0.589. The van der Waals surface area contributed by atoms with Crippen molar-refractivity contribution in [3.05, 3.63) is 66.1 Å². The fourth-order valence-electron chi connectivity index (χ4n) is 2.88. The van der Waals surface area contributed by atoms with E-state index in [1.54, 1.807) is 0 Å². The Balaban J connectivity index is 1.63. The highest BCUT2D eigenvalue weighted by atomic mass is 15.2. The molecule has 0 radical (unpaired) electrons. The van der Waals surface area contributed by atoms with E-state index in [0.717, 1.165) is 18.2 Å². The lowest BCUT2D eigenvalue weighted by Gasteiger charge is -2.19. The third kappa shape index (κ3) is 2.54. The molecule has 0 N–H and O–H groups in total. The summed E-state index contributed by atoms with van der Waals surface area (Å²) < 4.78 is 0. The SMILES string of the molecule is CN(Cc1cccc2ccccc12)c1ccnc(C2CC2)n1. The van der Waals surface area contributed by atoms with E-state index < -0.39 is 0 Å². The van der Waals surface area contributed by atoms with Crippen LogP contribution >= 0.6 is 0 Å². The minimum atomic E-state index is 0.589. The molecule has 1 heterocycles. The van der Waals surface area contributed by atoms with Crippen LogP contribution in [-0.4, -0.2) is 17.0 Å². The zero-order valence-corrected chi connectivity index (χ0v) is 12.7. The Morgan fingerprint density at radius 2 is 1.86 bits per heavy atom. The lowest BCUT2D eigenvalue weighted by atomic mass is 10.0. The van der Waals surface area contributed by atoms with Crippen LogP contribution < -0.4 is 4.90 Å². The summed E-state index contributed by atoms with van der Waals surface area (Å²) in [5.74, 6) is 2.60. The molecule has 1 aliphatic carbocycles. The summed E-state index contributed by atoms with van der Waals surface area (Å²) in [6.45, 7) is 0.850. The Morgan fingerprint density at radius 1 is 1.05 bits per heavy atom. The van der Waals surface area contributed by atoms with E-state index in [1.165, 1.54) is 29.2 Å². The molecular formula is C19H19N3. The van der Waals surface area contributed by atoms with Crippen LogP contribution in [0.2, 0.25) is 0 Å². The Kier molecular flexibility index (Phi) is 3.26. The van der Waals surface area contributed by atoms with Gasteiger partial charge in [0.2, 0.25) is 0 Å². The number of aromatic nitrogens is 2. The lowest BCUT2D eigenvalue weighted by molar-refractivity contribution is 0.857. The van der Waals surface area contributed by atoms with Gasteiger partial charge in [0.15, 0.2) is 0 Å². The quantitative estimate of drug-likeness (QED) is 0.722. The first-order chi connectivity index (χ1) is 10.8. The fraction of sp³-hybridized carbons (Fsp3) is 0.263. The van der Waals surface area contributed by atoms with Crippen LogP contribution in [0.5, 0.6) is 0 Å². The maximum absolute atomic E-state index is 4.73. The third-order valence-electron chi connectivity index (χ3n) is 4.28. The molecule has 110 valence electrons. The molecular weight excluding hydrogens is 270 g/mol. The van der Waals surface area contributed by atoms with Crippen molar-refractivity contribution in [2.75, 3.05) is 11.9 Å². The average molecular weight is 289 g/mol. The van der Waals surface area contributed by atoms with Gasteiger partial charge in [-0.1, -0.05) is 42.5 Å². The number of fused-ring (bicyclic) bond motifs is 1. The van der Waals surface area contributed by atoms with Crippen molar-refractivity contribution in [1.82, 2.24) is 9.97 Å². The molecule has 0 amide bonds. The molecule has 1 saturated carbocycles. The largest absolute Gasteiger partial charge is 0.355 e. The topological polar surface area (TPSA) is 29.0 Å². The van der Waals surface area contributed by atoms with E-state index in [9.17, 15) is 0 Å². The highest BCUT2D eigenvalue weighted by Gasteiger charge is 2.26. The Labute approximate surface area is 130 Å². The van der Waals surface area contributed by atoms with Crippen molar-refractivity contribution in [2.24, 2.45) is 0 Å². The van der Waals surface area contributed by atoms with Gasteiger partial charge in [0, 0.05) is 25.7 Å². The second-order valence-electron chi connectivity index (χ2n) is 6.04. The van der Waals surface area contributed by atoms with Crippen LogP contribution in [0.15, 0.2) is 54.7 Å². The van der Waals surface area contributed by atoms with Crippen LogP contribution in [-0.2, 0) is 6.54 Å². The first kappa shape index (κ1) is 13.3. The Morgan fingerprint density at radius 3 is 2.73 bits per heavy atom. The first-order valence-corrected chi connectivity index (χ1v) is 7.82. The minimum Gasteiger partial charge on any atom is -0.355 e. The number of nitrogens with zero attached hydrogens (tertiary/aromatic N) is 3. The normalized spacial score (nSPS) is 14.2. The van der Waals surface area contributed by atoms with E-state index in [0.29, 0.717) is 5.92 Å². The summed E-state index contributed by atoms with van der Waals surface area (Å²) in [6.07, 6.45) is 4.35. The van der Waals surface area contributed by atoms with Crippen molar-refractivity contribution in [3.63, 3.8) is 0 Å². The summed E-state index contributed by atoms with van der Waals surface area (Å²) >= 11 is 0. The molecule has 1 fully saturated rings. The van der Waals surface area contributed by atoms with Crippen molar-refractivity contribution < 1.29 is 0 Å². The number of hydrogen-bond acceptors (Lipinski definition) is 3. The summed E-state index contributed by atoms with van der Waals surface area (Å²) in [4.78, 5) is 11.3. The number of rotatable bonds is 4. The molecule has 0 unspecified atom stereocenters. The van der Waals surface area contributed by atoms with Gasteiger partial charge >= 0.3 is 0 Å². The molecule has 3 aromatic rings. The van der Waals surface area contributed by atoms with Crippen LogP contribution in [0.1, 0.15) is 30.1 Å². The summed E-state index contributed by atoms with van der Waals surface area (Å²) in [6, 6.07) is 17.0. The van der Waals surface area contributed by atoms with E-state index >= 15 is 0 Å².